The van der Waals surface area contributed by atoms with Crippen molar-refractivity contribution in [3.63, 3.8) is 0 Å². The molecular formula is C25H34N4O. The Hall–Kier alpha value is -2.87. The number of rotatable bonds is 5. The van der Waals surface area contributed by atoms with Gasteiger partial charge in [-0.3, -0.25) is 9.36 Å². The summed E-state index contributed by atoms with van der Waals surface area (Å²) < 4.78 is 1.88. The maximum absolute atomic E-state index is 13.0. The van der Waals surface area contributed by atoms with E-state index in [0.29, 0.717) is 17.8 Å². The smallest absolute Gasteiger partial charge is 0.261 e. The average Bonchev–Trinajstić information content (AvgIpc) is 2.80. The lowest BCUT2D eigenvalue weighted by molar-refractivity contribution is 0.212. The highest BCUT2D eigenvalue weighted by Gasteiger charge is 2.23. The Morgan fingerprint density at radius 1 is 1.27 bits per heavy atom. The second-order valence-electron chi connectivity index (χ2n) is 7.37. The van der Waals surface area contributed by atoms with Crippen molar-refractivity contribution in [2.45, 2.75) is 60.4 Å². The molecule has 5 heteroatoms. The summed E-state index contributed by atoms with van der Waals surface area (Å²) in [4.78, 5) is 20.0. The maximum atomic E-state index is 13.0. The van der Waals surface area contributed by atoms with Crippen molar-refractivity contribution < 1.29 is 0 Å². The molecule has 0 radical (unpaired) electrons. The van der Waals surface area contributed by atoms with Gasteiger partial charge in [-0.05, 0) is 50.8 Å². The predicted molar refractivity (Wildman–Crippen MR) is 124 cm³/mol. The molecule has 1 aromatic heterocycles. The number of piperidine rings is 1. The summed E-state index contributed by atoms with van der Waals surface area (Å²) in [6.45, 7) is 12.4. The third kappa shape index (κ3) is 5.18. The van der Waals surface area contributed by atoms with Crippen LogP contribution in [0.4, 0.5) is 0 Å². The molecule has 0 aliphatic carbocycles. The molecule has 1 aliphatic rings. The van der Waals surface area contributed by atoms with E-state index in [9.17, 15) is 10.1 Å². The molecule has 0 bridgehead atoms. The lowest BCUT2D eigenvalue weighted by atomic mass is 9.95. The SMILES string of the molecule is C/C=C\C(=C(/C)C#N)N1CCC(Cn2c(CC)nc3ccccc3c2=O)CC1.CC. The minimum atomic E-state index is 0.0692. The molecule has 1 fully saturated rings. The molecule has 0 saturated carbocycles. The second-order valence-corrected chi connectivity index (χ2v) is 7.37. The van der Waals surface area contributed by atoms with Crippen LogP contribution in [0.15, 0.2) is 52.5 Å². The summed E-state index contributed by atoms with van der Waals surface area (Å²) >= 11 is 0. The van der Waals surface area contributed by atoms with Gasteiger partial charge in [-0.15, -0.1) is 0 Å². The van der Waals surface area contributed by atoms with Crippen molar-refractivity contribution in [1.29, 1.82) is 5.26 Å². The number of allylic oxidation sites excluding steroid dienone is 3. The van der Waals surface area contributed by atoms with Crippen molar-refractivity contribution in [2.75, 3.05) is 13.1 Å². The lowest BCUT2D eigenvalue weighted by Gasteiger charge is -2.35. The summed E-state index contributed by atoms with van der Waals surface area (Å²) in [6.07, 6.45) is 6.75. The molecule has 0 amide bonds. The van der Waals surface area contributed by atoms with E-state index in [4.69, 9.17) is 4.98 Å². The summed E-state index contributed by atoms with van der Waals surface area (Å²) in [5, 5.41) is 9.97. The van der Waals surface area contributed by atoms with Crippen LogP contribution in [0.25, 0.3) is 10.9 Å². The molecule has 0 atom stereocenters. The van der Waals surface area contributed by atoms with Crippen molar-refractivity contribution >= 4 is 10.9 Å². The Labute approximate surface area is 180 Å². The first-order valence-corrected chi connectivity index (χ1v) is 11.1. The number of benzene rings is 1. The predicted octanol–water partition coefficient (Wildman–Crippen LogP) is 5.07. The Balaban J connectivity index is 0.00000155. The first-order valence-electron chi connectivity index (χ1n) is 11.1. The van der Waals surface area contributed by atoms with Gasteiger partial charge in [0.05, 0.1) is 17.0 Å². The van der Waals surface area contributed by atoms with Crippen LogP contribution >= 0.6 is 0 Å². The highest BCUT2D eigenvalue weighted by molar-refractivity contribution is 5.77. The Morgan fingerprint density at radius 2 is 1.93 bits per heavy atom. The second kappa shape index (κ2) is 11.3. The van der Waals surface area contributed by atoms with E-state index in [1.807, 2.05) is 68.7 Å². The van der Waals surface area contributed by atoms with Gasteiger partial charge in [-0.25, -0.2) is 4.98 Å². The number of aromatic nitrogens is 2. The first kappa shape index (κ1) is 23.4. The highest BCUT2D eigenvalue weighted by atomic mass is 16.1. The van der Waals surface area contributed by atoms with E-state index in [2.05, 4.69) is 17.9 Å². The topological polar surface area (TPSA) is 61.9 Å². The fourth-order valence-electron chi connectivity index (χ4n) is 3.97. The molecule has 0 spiro atoms. The number of fused-ring (bicyclic) bond motifs is 1. The number of hydrogen-bond acceptors (Lipinski definition) is 4. The van der Waals surface area contributed by atoms with Gasteiger partial charge < -0.3 is 4.90 Å². The molecule has 30 heavy (non-hydrogen) atoms. The van der Waals surface area contributed by atoms with Crippen LogP contribution in [0, 0.1) is 17.2 Å². The molecule has 0 unspecified atom stereocenters. The van der Waals surface area contributed by atoms with Crippen molar-refractivity contribution in [1.82, 2.24) is 14.5 Å². The Bertz CT molecular complexity index is 1000. The van der Waals surface area contributed by atoms with Gasteiger partial charge in [0.25, 0.3) is 5.56 Å². The molecule has 2 aromatic rings. The minimum absolute atomic E-state index is 0.0692. The van der Waals surface area contributed by atoms with Crippen LogP contribution in [0.2, 0.25) is 0 Å². The number of para-hydroxylation sites is 1. The number of nitriles is 1. The summed E-state index contributed by atoms with van der Waals surface area (Å²) in [7, 11) is 0. The van der Waals surface area contributed by atoms with Crippen LogP contribution in [-0.2, 0) is 13.0 Å². The zero-order chi connectivity index (χ0) is 22.1. The third-order valence-corrected chi connectivity index (χ3v) is 5.53. The monoisotopic (exact) mass is 406 g/mol. The normalized spacial score (nSPS) is 15.5. The first-order chi connectivity index (χ1) is 14.6. The Kier molecular flexibility index (Phi) is 8.86. The van der Waals surface area contributed by atoms with Crippen molar-refractivity contribution in [3.05, 3.63) is 63.9 Å². The van der Waals surface area contributed by atoms with E-state index < -0.39 is 0 Å². The summed E-state index contributed by atoms with van der Waals surface area (Å²) in [5.74, 6) is 1.30. The van der Waals surface area contributed by atoms with E-state index >= 15 is 0 Å². The minimum Gasteiger partial charge on any atom is -0.371 e. The average molecular weight is 407 g/mol. The van der Waals surface area contributed by atoms with Crippen LogP contribution in [0.1, 0.15) is 53.3 Å². The van der Waals surface area contributed by atoms with Crippen LogP contribution in [0.3, 0.4) is 0 Å². The van der Waals surface area contributed by atoms with Crippen LogP contribution < -0.4 is 5.56 Å². The Morgan fingerprint density at radius 3 is 2.53 bits per heavy atom. The largest absolute Gasteiger partial charge is 0.371 e. The number of likely N-dealkylation sites (tertiary alicyclic amines) is 1. The van der Waals surface area contributed by atoms with Gasteiger partial charge in [0, 0.05) is 37.3 Å². The maximum Gasteiger partial charge on any atom is 0.261 e. The molecule has 2 heterocycles. The van der Waals surface area contributed by atoms with Gasteiger partial charge in [0.15, 0.2) is 0 Å². The van der Waals surface area contributed by atoms with Gasteiger partial charge in [-0.2, -0.15) is 5.26 Å². The molecular weight excluding hydrogens is 372 g/mol. The van der Waals surface area contributed by atoms with Gasteiger partial charge in [0.2, 0.25) is 0 Å². The number of hydrogen-bond donors (Lipinski definition) is 0. The lowest BCUT2D eigenvalue weighted by Crippen LogP contribution is -2.36. The quantitative estimate of drug-likeness (QED) is 0.514. The molecule has 3 rings (SSSR count). The van der Waals surface area contributed by atoms with Crippen LogP contribution in [0.5, 0.6) is 0 Å². The molecule has 1 aromatic carbocycles. The molecule has 5 nitrogen and oxygen atoms in total. The van der Waals surface area contributed by atoms with Crippen LogP contribution in [-0.4, -0.2) is 27.5 Å². The zero-order valence-corrected chi connectivity index (χ0v) is 19.0. The van der Waals surface area contributed by atoms with Gasteiger partial charge >= 0.3 is 0 Å². The van der Waals surface area contributed by atoms with E-state index in [1.54, 1.807) is 0 Å². The molecule has 160 valence electrons. The van der Waals surface area contributed by atoms with E-state index in [-0.39, 0.29) is 5.56 Å². The molecule has 1 aliphatic heterocycles. The highest BCUT2D eigenvalue weighted by Crippen LogP contribution is 2.24. The summed E-state index contributed by atoms with van der Waals surface area (Å²) in [5.41, 5.74) is 2.62. The number of nitrogens with zero attached hydrogens (tertiary/aromatic N) is 4. The third-order valence-electron chi connectivity index (χ3n) is 5.53. The molecule has 1 saturated heterocycles. The van der Waals surface area contributed by atoms with Gasteiger partial charge in [0.1, 0.15) is 5.82 Å². The molecule has 0 N–H and O–H groups in total. The van der Waals surface area contributed by atoms with E-state index in [1.165, 1.54) is 0 Å². The fraction of sp³-hybridized carbons (Fsp3) is 0.480. The number of aryl methyl sites for hydroxylation is 1. The van der Waals surface area contributed by atoms with Crippen molar-refractivity contribution in [2.24, 2.45) is 5.92 Å². The van der Waals surface area contributed by atoms with E-state index in [0.717, 1.165) is 55.0 Å². The fourth-order valence-corrected chi connectivity index (χ4v) is 3.97. The van der Waals surface area contributed by atoms with Crippen molar-refractivity contribution in [3.8, 4) is 6.07 Å². The standard InChI is InChI=1S/C23H28N4O.C2H6/c1-4-8-21(17(3)15-24)26-13-11-18(12-14-26)16-27-22(5-2)25-20-10-7-6-9-19(20)23(27)28;1-2/h4,6-10,18H,5,11-14,16H2,1-3H3;1-2H3/b8-4-,21-17-;. The summed E-state index contributed by atoms with van der Waals surface area (Å²) in [6, 6.07) is 9.86. The zero-order valence-electron chi connectivity index (χ0n) is 19.0. The van der Waals surface area contributed by atoms with Gasteiger partial charge in [-0.1, -0.05) is 39.0 Å².